The molecule has 5 N–H and O–H groups in total. The molecule has 3 aromatic rings. The van der Waals surface area contributed by atoms with Gasteiger partial charge >= 0.3 is 0 Å². The van der Waals surface area contributed by atoms with Gasteiger partial charge in [-0.3, -0.25) is 4.99 Å². The number of aromatic nitrogens is 2. The molecular weight excluding hydrogens is 383 g/mol. The number of amidine groups is 1. The molecule has 0 aliphatic heterocycles. The zero-order chi connectivity index (χ0) is 19.2. The van der Waals surface area contributed by atoms with Crippen molar-refractivity contribution >= 4 is 45.8 Å². The number of anilines is 1. The van der Waals surface area contributed by atoms with Gasteiger partial charge in [0, 0.05) is 22.5 Å². The number of para-hydroxylation sites is 1. The number of nitrogens with two attached hydrogens (primary N) is 2. The Balaban J connectivity index is 1.93. The number of nitrogens with one attached hydrogen (secondary N) is 1. The molecule has 0 amide bonds. The fraction of sp³-hybridized carbons (Fsp3) is 0.105. The molecule has 0 unspecified atom stereocenters. The van der Waals surface area contributed by atoms with E-state index < -0.39 is 0 Å². The van der Waals surface area contributed by atoms with Crippen LogP contribution in [-0.4, -0.2) is 28.9 Å². The molecular formula is C19H18Cl2N6. The summed E-state index contributed by atoms with van der Waals surface area (Å²) in [5.41, 5.74) is 12.5. The highest BCUT2D eigenvalue weighted by atomic mass is 35.5. The third-order valence-electron chi connectivity index (χ3n) is 3.74. The molecule has 0 bridgehead atoms. The second-order valence-electron chi connectivity index (χ2n) is 5.63. The summed E-state index contributed by atoms with van der Waals surface area (Å²) < 4.78 is 0. The molecule has 138 valence electrons. The lowest BCUT2D eigenvalue weighted by molar-refractivity contribution is 1.01. The fourth-order valence-corrected chi connectivity index (χ4v) is 3.01. The molecule has 3 rings (SSSR count). The number of benzene rings is 2. The van der Waals surface area contributed by atoms with Crippen LogP contribution in [0.3, 0.4) is 0 Å². The van der Waals surface area contributed by atoms with Gasteiger partial charge < -0.3 is 16.8 Å². The maximum atomic E-state index is 6.33. The van der Waals surface area contributed by atoms with Gasteiger partial charge in [-0.15, -0.1) is 0 Å². The van der Waals surface area contributed by atoms with Crippen LogP contribution < -0.4 is 16.8 Å². The Morgan fingerprint density at radius 1 is 1.15 bits per heavy atom. The zero-order valence-corrected chi connectivity index (χ0v) is 15.9. The molecule has 6 nitrogen and oxygen atoms in total. The van der Waals surface area contributed by atoms with E-state index in [-0.39, 0.29) is 0 Å². The van der Waals surface area contributed by atoms with Gasteiger partial charge in [-0.2, -0.15) is 0 Å². The monoisotopic (exact) mass is 400 g/mol. The van der Waals surface area contributed by atoms with Crippen LogP contribution in [0.5, 0.6) is 0 Å². The van der Waals surface area contributed by atoms with Crippen LogP contribution in [-0.2, 0) is 0 Å². The van der Waals surface area contributed by atoms with E-state index in [4.69, 9.17) is 34.7 Å². The van der Waals surface area contributed by atoms with Gasteiger partial charge in [0.25, 0.3) is 0 Å². The molecule has 1 heterocycles. The molecule has 0 aliphatic carbocycles. The summed E-state index contributed by atoms with van der Waals surface area (Å²) in [5.74, 6) is 1.59. The molecule has 0 saturated heterocycles. The van der Waals surface area contributed by atoms with Gasteiger partial charge in [-0.05, 0) is 42.6 Å². The van der Waals surface area contributed by atoms with Crippen LogP contribution in [0.15, 0.2) is 59.7 Å². The minimum atomic E-state index is 0.375. The summed E-state index contributed by atoms with van der Waals surface area (Å²) in [6, 6.07) is 13.0. The molecule has 0 fully saturated rings. The predicted molar refractivity (Wildman–Crippen MR) is 113 cm³/mol. The zero-order valence-electron chi connectivity index (χ0n) is 14.4. The Bertz CT molecular complexity index is 1020. The summed E-state index contributed by atoms with van der Waals surface area (Å²) in [6.07, 6.45) is 2.90. The maximum Gasteiger partial charge on any atom is 0.163 e. The highest BCUT2D eigenvalue weighted by Gasteiger charge is 2.12. The highest BCUT2D eigenvalue weighted by Crippen LogP contribution is 2.31. The van der Waals surface area contributed by atoms with E-state index in [0.717, 1.165) is 10.9 Å². The first kappa shape index (κ1) is 18.9. The topological polar surface area (TPSA) is 102 Å². The standard InChI is InChI=1S/C19H18Cl2N6/c20-12-5-6-13(15(21)11-12)19-26-16-4-2-1-3-14(16)18(27-19)25-10-9-24-17(23)7-8-22/h1-8,11H,9-10,22H2,(H2,23,24)(H,25,26,27). The summed E-state index contributed by atoms with van der Waals surface area (Å²) in [4.78, 5) is 13.5. The molecule has 27 heavy (non-hydrogen) atoms. The highest BCUT2D eigenvalue weighted by molar-refractivity contribution is 6.36. The normalized spacial score (nSPS) is 12.0. The first-order valence-corrected chi connectivity index (χ1v) is 8.98. The van der Waals surface area contributed by atoms with Crippen molar-refractivity contribution in [3.05, 3.63) is 64.8 Å². The van der Waals surface area contributed by atoms with Crippen LogP contribution in [0.4, 0.5) is 5.82 Å². The number of aliphatic imine (C=N–C) groups is 1. The van der Waals surface area contributed by atoms with Crippen molar-refractivity contribution in [3.8, 4) is 11.4 Å². The summed E-state index contributed by atoms with van der Waals surface area (Å²) >= 11 is 12.3. The number of nitrogens with zero attached hydrogens (tertiary/aromatic N) is 3. The minimum absolute atomic E-state index is 0.375. The predicted octanol–water partition coefficient (Wildman–Crippen LogP) is 3.85. The Morgan fingerprint density at radius 3 is 2.74 bits per heavy atom. The number of halogens is 2. The van der Waals surface area contributed by atoms with Crippen LogP contribution in [0.1, 0.15) is 0 Å². The third kappa shape index (κ3) is 4.67. The summed E-state index contributed by atoms with van der Waals surface area (Å²) in [5, 5.41) is 5.25. The molecule has 0 saturated carbocycles. The fourth-order valence-electron chi connectivity index (χ4n) is 2.51. The number of fused-ring (bicyclic) bond motifs is 1. The first-order valence-electron chi connectivity index (χ1n) is 8.23. The van der Waals surface area contributed by atoms with Gasteiger partial charge in [0.2, 0.25) is 0 Å². The van der Waals surface area contributed by atoms with Gasteiger partial charge in [0.15, 0.2) is 5.82 Å². The largest absolute Gasteiger partial charge is 0.404 e. The Kier molecular flexibility index (Phi) is 6.11. The summed E-state index contributed by atoms with van der Waals surface area (Å²) in [6.45, 7) is 1.03. The van der Waals surface area contributed by atoms with E-state index in [1.807, 2.05) is 30.3 Å². The average molecular weight is 401 g/mol. The quantitative estimate of drug-likeness (QED) is 0.331. The van der Waals surface area contributed by atoms with Crippen molar-refractivity contribution in [1.82, 2.24) is 9.97 Å². The van der Waals surface area contributed by atoms with Gasteiger partial charge in [0.05, 0.1) is 17.1 Å². The molecule has 0 radical (unpaired) electrons. The number of rotatable bonds is 6. The van der Waals surface area contributed by atoms with E-state index in [9.17, 15) is 0 Å². The lowest BCUT2D eigenvalue weighted by Crippen LogP contribution is -2.13. The molecule has 0 spiro atoms. The van der Waals surface area contributed by atoms with Crippen LogP contribution in [0.2, 0.25) is 10.0 Å². The minimum Gasteiger partial charge on any atom is -0.404 e. The van der Waals surface area contributed by atoms with Crippen molar-refractivity contribution in [1.29, 1.82) is 0 Å². The number of hydrogen-bond donors (Lipinski definition) is 3. The Hall–Kier alpha value is -2.83. The molecule has 0 atom stereocenters. The van der Waals surface area contributed by atoms with Crippen LogP contribution >= 0.6 is 23.2 Å². The smallest absolute Gasteiger partial charge is 0.163 e. The van der Waals surface area contributed by atoms with Crippen molar-refractivity contribution < 1.29 is 0 Å². The lowest BCUT2D eigenvalue weighted by Gasteiger charge is -2.11. The van der Waals surface area contributed by atoms with Crippen molar-refractivity contribution in [2.24, 2.45) is 16.5 Å². The van der Waals surface area contributed by atoms with E-state index in [2.05, 4.69) is 20.3 Å². The van der Waals surface area contributed by atoms with E-state index in [0.29, 0.717) is 46.2 Å². The molecule has 2 aromatic carbocycles. The SMILES string of the molecule is NC=CC(N)=NCCNc1nc(-c2ccc(Cl)cc2Cl)nc2ccccc12. The Labute approximate surface area is 166 Å². The van der Waals surface area contributed by atoms with Gasteiger partial charge in [-0.25, -0.2) is 9.97 Å². The van der Waals surface area contributed by atoms with E-state index in [1.54, 1.807) is 18.2 Å². The van der Waals surface area contributed by atoms with E-state index in [1.165, 1.54) is 6.20 Å². The molecule has 8 heteroatoms. The number of hydrogen-bond acceptors (Lipinski definition) is 5. The van der Waals surface area contributed by atoms with Gasteiger partial charge in [0.1, 0.15) is 11.7 Å². The van der Waals surface area contributed by atoms with E-state index >= 15 is 0 Å². The molecule has 1 aromatic heterocycles. The lowest BCUT2D eigenvalue weighted by atomic mass is 10.2. The van der Waals surface area contributed by atoms with Crippen molar-refractivity contribution in [2.75, 3.05) is 18.4 Å². The third-order valence-corrected chi connectivity index (χ3v) is 4.29. The first-order chi connectivity index (χ1) is 13.1. The Morgan fingerprint density at radius 2 is 1.96 bits per heavy atom. The van der Waals surface area contributed by atoms with Crippen LogP contribution in [0.25, 0.3) is 22.3 Å². The second-order valence-corrected chi connectivity index (χ2v) is 6.47. The van der Waals surface area contributed by atoms with Gasteiger partial charge in [-0.1, -0.05) is 35.3 Å². The summed E-state index contributed by atoms with van der Waals surface area (Å²) in [7, 11) is 0. The van der Waals surface area contributed by atoms with Crippen LogP contribution in [0, 0.1) is 0 Å². The van der Waals surface area contributed by atoms with Crippen molar-refractivity contribution in [2.45, 2.75) is 0 Å². The second kappa shape index (κ2) is 8.70. The average Bonchev–Trinajstić information content (AvgIpc) is 2.65. The molecule has 0 aliphatic rings. The maximum absolute atomic E-state index is 6.33. The van der Waals surface area contributed by atoms with Crippen molar-refractivity contribution in [3.63, 3.8) is 0 Å².